The van der Waals surface area contributed by atoms with Crippen LogP contribution in [0, 0.1) is 19.3 Å². The first kappa shape index (κ1) is 14.9. The predicted molar refractivity (Wildman–Crippen MR) is 84.2 cm³/mol. The minimum absolute atomic E-state index is 0.339. The summed E-state index contributed by atoms with van der Waals surface area (Å²) in [5.41, 5.74) is 9.83. The molecule has 1 fully saturated rings. The first-order chi connectivity index (χ1) is 9.54. The van der Waals surface area contributed by atoms with Crippen LogP contribution in [0.25, 0.3) is 0 Å². The van der Waals surface area contributed by atoms with Crippen molar-refractivity contribution in [2.45, 2.75) is 33.1 Å². The highest BCUT2D eigenvalue weighted by Crippen LogP contribution is 2.48. The lowest BCUT2D eigenvalue weighted by molar-refractivity contribution is 0.174. The maximum absolute atomic E-state index is 5.97. The lowest BCUT2D eigenvalue weighted by atomic mass is 10.0. The number of guanidine groups is 1. The van der Waals surface area contributed by atoms with Gasteiger partial charge in [-0.25, -0.2) is 0 Å². The molecule has 110 valence electrons. The van der Waals surface area contributed by atoms with Gasteiger partial charge in [0.25, 0.3) is 0 Å². The zero-order valence-corrected chi connectivity index (χ0v) is 12.7. The lowest BCUT2D eigenvalue weighted by Gasteiger charge is -2.13. The number of benzene rings is 1. The fourth-order valence-electron chi connectivity index (χ4n) is 2.24. The van der Waals surface area contributed by atoms with Gasteiger partial charge in [0.15, 0.2) is 5.96 Å². The molecule has 1 aliphatic rings. The summed E-state index contributed by atoms with van der Waals surface area (Å²) in [6.07, 6.45) is 3.54. The Kier molecular flexibility index (Phi) is 4.65. The summed E-state index contributed by atoms with van der Waals surface area (Å²) in [5, 5.41) is 3.16. The molecule has 1 aliphatic carbocycles. The Morgan fingerprint density at radius 1 is 1.35 bits per heavy atom. The molecule has 0 unspecified atom stereocenters. The van der Waals surface area contributed by atoms with Crippen LogP contribution in [-0.2, 0) is 4.74 Å². The van der Waals surface area contributed by atoms with E-state index in [9.17, 15) is 0 Å². The highest BCUT2D eigenvalue weighted by Gasteiger charge is 2.41. The Labute approximate surface area is 121 Å². The van der Waals surface area contributed by atoms with E-state index in [-0.39, 0.29) is 0 Å². The van der Waals surface area contributed by atoms with Gasteiger partial charge >= 0.3 is 0 Å². The van der Waals surface area contributed by atoms with E-state index in [0.717, 1.165) is 25.3 Å². The molecular weight excluding hydrogens is 250 g/mol. The van der Waals surface area contributed by atoms with Crippen LogP contribution in [0.4, 0.5) is 5.69 Å². The van der Waals surface area contributed by atoms with Crippen LogP contribution in [0.2, 0.25) is 0 Å². The van der Waals surface area contributed by atoms with E-state index in [0.29, 0.717) is 11.4 Å². The molecule has 0 atom stereocenters. The lowest BCUT2D eigenvalue weighted by Crippen LogP contribution is -2.24. The number of nitrogens with two attached hydrogens (primary N) is 1. The zero-order valence-electron chi connectivity index (χ0n) is 12.7. The van der Waals surface area contributed by atoms with Crippen molar-refractivity contribution < 1.29 is 4.74 Å². The number of aliphatic imine (C=N–C) groups is 1. The second-order valence-corrected chi connectivity index (χ2v) is 5.87. The smallest absolute Gasteiger partial charge is 0.193 e. The van der Waals surface area contributed by atoms with Crippen LogP contribution >= 0.6 is 0 Å². The Morgan fingerprint density at radius 2 is 2.10 bits per heavy atom. The van der Waals surface area contributed by atoms with Crippen LogP contribution in [-0.4, -0.2) is 26.2 Å². The van der Waals surface area contributed by atoms with E-state index < -0.39 is 0 Å². The summed E-state index contributed by atoms with van der Waals surface area (Å²) in [5.74, 6) is 0.497. The van der Waals surface area contributed by atoms with E-state index in [4.69, 9.17) is 10.5 Å². The van der Waals surface area contributed by atoms with Crippen LogP contribution < -0.4 is 11.1 Å². The summed E-state index contributed by atoms with van der Waals surface area (Å²) in [7, 11) is 1.75. The molecule has 0 bridgehead atoms. The number of hydrogen-bond donors (Lipinski definition) is 2. The molecule has 0 aliphatic heterocycles. The fraction of sp³-hybridized carbons (Fsp3) is 0.562. The quantitative estimate of drug-likeness (QED) is 0.620. The number of nitrogens with zero attached hydrogens (tertiary/aromatic N) is 1. The van der Waals surface area contributed by atoms with E-state index >= 15 is 0 Å². The first-order valence-corrected chi connectivity index (χ1v) is 7.18. The molecule has 3 N–H and O–H groups in total. The topological polar surface area (TPSA) is 59.6 Å². The van der Waals surface area contributed by atoms with Gasteiger partial charge in [0.2, 0.25) is 0 Å². The number of hydrogen-bond acceptors (Lipinski definition) is 2. The van der Waals surface area contributed by atoms with Gasteiger partial charge in [-0.15, -0.1) is 0 Å². The van der Waals surface area contributed by atoms with Crippen molar-refractivity contribution in [3.05, 3.63) is 29.3 Å². The average Bonchev–Trinajstić information content (AvgIpc) is 3.19. The summed E-state index contributed by atoms with van der Waals surface area (Å²) >= 11 is 0. The SMILES string of the molecule is COCCC1(CN=C(N)Nc2ccc(C)c(C)c2)CC1. The monoisotopic (exact) mass is 275 g/mol. The Bertz CT molecular complexity index is 492. The van der Waals surface area contributed by atoms with E-state index in [1.165, 1.54) is 24.0 Å². The summed E-state index contributed by atoms with van der Waals surface area (Å²) in [4.78, 5) is 4.49. The molecule has 0 aromatic heterocycles. The van der Waals surface area contributed by atoms with Gasteiger partial charge in [0.05, 0.1) is 0 Å². The second kappa shape index (κ2) is 6.27. The van der Waals surface area contributed by atoms with Gasteiger partial charge < -0.3 is 15.8 Å². The van der Waals surface area contributed by atoms with Gasteiger partial charge in [-0.05, 0) is 61.8 Å². The largest absolute Gasteiger partial charge is 0.385 e. The molecule has 0 spiro atoms. The third-order valence-electron chi connectivity index (χ3n) is 4.16. The summed E-state index contributed by atoms with van der Waals surface area (Å²) in [6, 6.07) is 6.21. The molecule has 20 heavy (non-hydrogen) atoms. The number of aryl methyl sites for hydroxylation is 2. The zero-order chi connectivity index (χ0) is 14.6. The van der Waals surface area contributed by atoms with Crippen molar-refractivity contribution in [2.24, 2.45) is 16.1 Å². The van der Waals surface area contributed by atoms with Gasteiger partial charge in [-0.3, -0.25) is 4.99 Å². The normalized spacial score (nSPS) is 17.1. The second-order valence-electron chi connectivity index (χ2n) is 5.87. The Balaban J connectivity index is 1.89. The Morgan fingerprint density at radius 3 is 2.70 bits per heavy atom. The summed E-state index contributed by atoms with van der Waals surface area (Å²) in [6.45, 7) is 5.79. The maximum atomic E-state index is 5.97. The predicted octanol–water partition coefficient (Wildman–Crippen LogP) is 2.85. The van der Waals surface area contributed by atoms with Crippen molar-refractivity contribution in [1.29, 1.82) is 0 Å². The molecule has 0 saturated heterocycles. The van der Waals surface area contributed by atoms with Gasteiger partial charge in [-0.2, -0.15) is 0 Å². The number of nitrogens with one attached hydrogen (secondary N) is 1. The fourth-order valence-corrected chi connectivity index (χ4v) is 2.24. The van der Waals surface area contributed by atoms with Crippen LogP contribution in [0.15, 0.2) is 23.2 Å². The van der Waals surface area contributed by atoms with Crippen molar-refractivity contribution in [1.82, 2.24) is 0 Å². The standard InChI is InChI=1S/C16H25N3O/c1-12-4-5-14(10-13(12)2)19-15(17)18-11-16(6-7-16)8-9-20-3/h4-5,10H,6-9,11H2,1-3H3,(H3,17,18,19). The van der Waals surface area contributed by atoms with Crippen LogP contribution in [0.3, 0.4) is 0 Å². The van der Waals surface area contributed by atoms with Crippen molar-refractivity contribution in [3.8, 4) is 0 Å². The maximum Gasteiger partial charge on any atom is 0.193 e. The average molecular weight is 275 g/mol. The number of methoxy groups -OCH3 is 1. The summed E-state index contributed by atoms with van der Waals surface area (Å²) < 4.78 is 5.15. The van der Waals surface area contributed by atoms with Crippen LogP contribution in [0.5, 0.6) is 0 Å². The third kappa shape index (κ3) is 3.97. The van der Waals surface area contributed by atoms with Crippen molar-refractivity contribution in [2.75, 3.05) is 25.6 Å². The Hall–Kier alpha value is -1.55. The van der Waals surface area contributed by atoms with E-state index in [1.807, 2.05) is 6.07 Å². The highest BCUT2D eigenvalue weighted by atomic mass is 16.5. The first-order valence-electron chi connectivity index (χ1n) is 7.18. The highest BCUT2D eigenvalue weighted by molar-refractivity contribution is 5.92. The number of rotatable bonds is 6. The number of ether oxygens (including phenoxy) is 1. The molecule has 0 radical (unpaired) electrons. The molecule has 0 heterocycles. The third-order valence-corrected chi connectivity index (χ3v) is 4.16. The molecule has 4 nitrogen and oxygen atoms in total. The minimum Gasteiger partial charge on any atom is -0.385 e. The minimum atomic E-state index is 0.339. The van der Waals surface area contributed by atoms with Crippen LogP contribution in [0.1, 0.15) is 30.4 Å². The molecular formula is C16H25N3O. The van der Waals surface area contributed by atoms with Gasteiger partial charge in [0, 0.05) is 25.9 Å². The van der Waals surface area contributed by atoms with E-state index in [1.54, 1.807) is 7.11 Å². The molecule has 1 aromatic rings. The van der Waals surface area contributed by atoms with Gasteiger partial charge in [0.1, 0.15) is 0 Å². The molecule has 4 heteroatoms. The van der Waals surface area contributed by atoms with Crippen molar-refractivity contribution in [3.63, 3.8) is 0 Å². The van der Waals surface area contributed by atoms with E-state index in [2.05, 4.69) is 36.3 Å². The van der Waals surface area contributed by atoms with Gasteiger partial charge in [-0.1, -0.05) is 6.07 Å². The molecule has 2 rings (SSSR count). The molecule has 0 amide bonds. The van der Waals surface area contributed by atoms with Crippen molar-refractivity contribution >= 4 is 11.6 Å². The number of anilines is 1. The molecule has 1 aromatic carbocycles. The molecule has 1 saturated carbocycles.